The van der Waals surface area contributed by atoms with Crippen molar-refractivity contribution in [3.8, 4) is 0 Å². The van der Waals surface area contributed by atoms with Crippen LogP contribution >= 0.6 is 0 Å². The van der Waals surface area contributed by atoms with Crippen LogP contribution in [0.1, 0.15) is 72.1 Å². The Balaban J connectivity index is 2.80. The molecule has 17 heavy (non-hydrogen) atoms. The molecule has 2 unspecified atom stereocenters. The molecule has 2 atom stereocenters. The molecule has 0 saturated carbocycles. The zero-order valence-electron chi connectivity index (χ0n) is 12.2. The second-order valence-electron chi connectivity index (χ2n) is 5.66. The topological polar surface area (TPSA) is 29.3 Å². The van der Waals surface area contributed by atoms with Crippen molar-refractivity contribution in [2.24, 2.45) is 5.73 Å². The summed E-state index contributed by atoms with van der Waals surface area (Å²) < 4.78 is 0. The Morgan fingerprint density at radius 1 is 1.18 bits per heavy atom. The smallest absolute Gasteiger partial charge is 0.0331 e. The molecule has 1 aliphatic heterocycles. The summed E-state index contributed by atoms with van der Waals surface area (Å²) in [7, 11) is 0. The van der Waals surface area contributed by atoms with Gasteiger partial charge in [0.1, 0.15) is 0 Å². The van der Waals surface area contributed by atoms with Gasteiger partial charge in [-0.05, 0) is 38.6 Å². The largest absolute Gasteiger partial charge is 0.329 e. The Labute approximate surface area is 108 Å². The van der Waals surface area contributed by atoms with E-state index in [1.165, 1.54) is 57.9 Å². The number of hydrogen-bond donors (Lipinski definition) is 1. The molecule has 0 spiro atoms. The van der Waals surface area contributed by atoms with Gasteiger partial charge in [0.2, 0.25) is 0 Å². The molecule has 0 aliphatic carbocycles. The molecule has 1 saturated heterocycles. The fourth-order valence-corrected chi connectivity index (χ4v) is 3.61. The Bertz CT molecular complexity index is 197. The van der Waals surface area contributed by atoms with Crippen LogP contribution in [0.15, 0.2) is 0 Å². The number of rotatable bonds is 7. The maximum atomic E-state index is 6.15. The summed E-state index contributed by atoms with van der Waals surface area (Å²) in [4.78, 5) is 2.78. The summed E-state index contributed by atoms with van der Waals surface area (Å²) in [6.45, 7) is 9.02. The average molecular weight is 240 g/mol. The van der Waals surface area contributed by atoms with E-state index in [-0.39, 0.29) is 5.54 Å². The SMILES string of the molecule is CCCC1CCCCN1C(CC)(CN)CCC. The van der Waals surface area contributed by atoms with Gasteiger partial charge in [0.25, 0.3) is 0 Å². The summed E-state index contributed by atoms with van der Waals surface area (Å²) in [5.74, 6) is 0. The molecule has 2 heteroatoms. The van der Waals surface area contributed by atoms with Crippen LogP contribution in [0.25, 0.3) is 0 Å². The van der Waals surface area contributed by atoms with Crippen LogP contribution in [0.3, 0.4) is 0 Å². The van der Waals surface area contributed by atoms with Crippen molar-refractivity contribution in [3.63, 3.8) is 0 Å². The third-order valence-corrected chi connectivity index (χ3v) is 4.61. The van der Waals surface area contributed by atoms with Gasteiger partial charge < -0.3 is 5.73 Å². The molecule has 0 aromatic carbocycles. The molecule has 1 rings (SSSR count). The van der Waals surface area contributed by atoms with E-state index in [1.807, 2.05) is 0 Å². The van der Waals surface area contributed by atoms with Crippen LogP contribution in [0, 0.1) is 0 Å². The van der Waals surface area contributed by atoms with E-state index in [0.29, 0.717) is 0 Å². The second-order valence-corrected chi connectivity index (χ2v) is 5.66. The molecule has 0 radical (unpaired) electrons. The van der Waals surface area contributed by atoms with Gasteiger partial charge in [-0.15, -0.1) is 0 Å². The highest BCUT2D eigenvalue weighted by molar-refractivity contribution is 4.95. The van der Waals surface area contributed by atoms with Crippen molar-refractivity contribution in [2.75, 3.05) is 13.1 Å². The van der Waals surface area contributed by atoms with Crippen LogP contribution in [0.4, 0.5) is 0 Å². The number of nitrogens with zero attached hydrogens (tertiary/aromatic N) is 1. The summed E-state index contributed by atoms with van der Waals surface area (Å²) in [5, 5.41) is 0. The molecule has 1 aliphatic rings. The first-order valence-electron chi connectivity index (χ1n) is 7.70. The Morgan fingerprint density at radius 3 is 2.47 bits per heavy atom. The van der Waals surface area contributed by atoms with E-state index in [0.717, 1.165) is 12.6 Å². The molecule has 2 N–H and O–H groups in total. The third-order valence-electron chi connectivity index (χ3n) is 4.61. The van der Waals surface area contributed by atoms with Crippen LogP contribution in [0.2, 0.25) is 0 Å². The normalized spacial score (nSPS) is 25.8. The van der Waals surface area contributed by atoms with Crippen molar-refractivity contribution in [1.82, 2.24) is 4.90 Å². The minimum atomic E-state index is 0.287. The lowest BCUT2D eigenvalue weighted by Gasteiger charge is -2.50. The van der Waals surface area contributed by atoms with Gasteiger partial charge in [-0.1, -0.05) is 40.0 Å². The van der Waals surface area contributed by atoms with E-state index in [9.17, 15) is 0 Å². The van der Waals surface area contributed by atoms with Crippen LogP contribution in [0.5, 0.6) is 0 Å². The molecule has 1 heterocycles. The first-order valence-corrected chi connectivity index (χ1v) is 7.70. The van der Waals surface area contributed by atoms with Crippen LogP contribution in [-0.2, 0) is 0 Å². The third kappa shape index (κ3) is 3.45. The van der Waals surface area contributed by atoms with Crippen LogP contribution < -0.4 is 5.73 Å². The highest BCUT2D eigenvalue weighted by atomic mass is 15.2. The number of hydrogen-bond acceptors (Lipinski definition) is 2. The van der Waals surface area contributed by atoms with Crippen molar-refractivity contribution in [2.45, 2.75) is 83.7 Å². The molecule has 0 aromatic rings. The van der Waals surface area contributed by atoms with Gasteiger partial charge in [-0.2, -0.15) is 0 Å². The molecule has 0 bridgehead atoms. The van der Waals surface area contributed by atoms with Gasteiger partial charge in [0.15, 0.2) is 0 Å². The maximum absolute atomic E-state index is 6.15. The number of nitrogens with two attached hydrogens (primary N) is 1. The predicted octanol–water partition coefficient (Wildman–Crippen LogP) is 3.55. The van der Waals surface area contributed by atoms with Gasteiger partial charge in [0, 0.05) is 18.1 Å². The van der Waals surface area contributed by atoms with Gasteiger partial charge in [-0.3, -0.25) is 4.90 Å². The zero-order chi connectivity index (χ0) is 12.7. The van der Waals surface area contributed by atoms with Crippen molar-refractivity contribution < 1.29 is 0 Å². The Morgan fingerprint density at radius 2 is 1.94 bits per heavy atom. The molecule has 1 fully saturated rings. The quantitative estimate of drug-likeness (QED) is 0.737. The van der Waals surface area contributed by atoms with E-state index >= 15 is 0 Å². The van der Waals surface area contributed by atoms with E-state index in [1.54, 1.807) is 0 Å². The highest BCUT2D eigenvalue weighted by Gasteiger charge is 2.37. The Hall–Kier alpha value is -0.0800. The fraction of sp³-hybridized carbons (Fsp3) is 1.00. The van der Waals surface area contributed by atoms with Crippen molar-refractivity contribution in [1.29, 1.82) is 0 Å². The monoisotopic (exact) mass is 240 g/mol. The van der Waals surface area contributed by atoms with Crippen molar-refractivity contribution >= 4 is 0 Å². The lowest BCUT2D eigenvalue weighted by Crippen LogP contribution is -2.59. The number of likely N-dealkylation sites (tertiary alicyclic amines) is 1. The van der Waals surface area contributed by atoms with E-state index in [2.05, 4.69) is 25.7 Å². The maximum Gasteiger partial charge on any atom is 0.0331 e. The Kier molecular flexibility index (Phi) is 6.50. The molecule has 0 amide bonds. The summed E-state index contributed by atoms with van der Waals surface area (Å²) >= 11 is 0. The first kappa shape index (κ1) is 15.0. The highest BCUT2D eigenvalue weighted by Crippen LogP contribution is 2.33. The van der Waals surface area contributed by atoms with Gasteiger partial charge in [0.05, 0.1) is 0 Å². The van der Waals surface area contributed by atoms with E-state index in [4.69, 9.17) is 5.73 Å². The fourth-order valence-electron chi connectivity index (χ4n) is 3.61. The predicted molar refractivity (Wildman–Crippen MR) is 76.2 cm³/mol. The minimum absolute atomic E-state index is 0.287. The van der Waals surface area contributed by atoms with Gasteiger partial charge in [-0.25, -0.2) is 0 Å². The average Bonchev–Trinajstić information content (AvgIpc) is 2.37. The molecule has 102 valence electrons. The summed E-state index contributed by atoms with van der Waals surface area (Å²) in [5.41, 5.74) is 6.44. The summed E-state index contributed by atoms with van der Waals surface area (Å²) in [6.07, 6.45) is 10.5. The lowest BCUT2D eigenvalue weighted by atomic mass is 9.83. The molecule has 2 nitrogen and oxygen atoms in total. The van der Waals surface area contributed by atoms with Gasteiger partial charge >= 0.3 is 0 Å². The van der Waals surface area contributed by atoms with E-state index < -0.39 is 0 Å². The summed E-state index contributed by atoms with van der Waals surface area (Å²) in [6, 6.07) is 0.795. The molecular formula is C15H32N2. The molecular weight excluding hydrogens is 208 g/mol. The first-order chi connectivity index (χ1) is 8.24. The minimum Gasteiger partial charge on any atom is -0.329 e. The zero-order valence-corrected chi connectivity index (χ0v) is 12.2. The standard InChI is InChI=1S/C15H32N2/c1-4-9-14-10-7-8-12-17(14)15(6-3,13-16)11-5-2/h14H,4-13,16H2,1-3H3. The lowest BCUT2D eigenvalue weighted by molar-refractivity contribution is 0.00859. The van der Waals surface area contributed by atoms with Crippen LogP contribution in [-0.4, -0.2) is 29.6 Å². The molecule has 0 aromatic heterocycles. The second kappa shape index (κ2) is 7.38. The number of piperidine rings is 1. The van der Waals surface area contributed by atoms with Crippen molar-refractivity contribution in [3.05, 3.63) is 0 Å².